The van der Waals surface area contributed by atoms with Crippen LogP contribution in [0, 0.1) is 0 Å². The Bertz CT molecular complexity index is 352. The van der Waals surface area contributed by atoms with Crippen molar-refractivity contribution in [2.45, 2.75) is 32.7 Å². The molecule has 1 unspecified atom stereocenters. The van der Waals surface area contributed by atoms with Crippen molar-refractivity contribution in [1.29, 1.82) is 0 Å². The van der Waals surface area contributed by atoms with E-state index >= 15 is 0 Å². The first-order valence-electron chi connectivity index (χ1n) is 5.91. The third-order valence-electron chi connectivity index (χ3n) is 2.96. The van der Waals surface area contributed by atoms with Gasteiger partial charge in [-0.2, -0.15) is 0 Å². The Morgan fingerprint density at radius 2 is 2.12 bits per heavy atom. The first kappa shape index (κ1) is 11.3. The summed E-state index contributed by atoms with van der Waals surface area (Å²) < 4.78 is 10.6. The number of nitrogens with one attached hydrogen (secondary N) is 1. The molecular formula is C13H19NO2. The van der Waals surface area contributed by atoms with E-state index in [2.05, 4.69) is 31.3 Å². The molecule has 0 saturated heterocycles. The van der Waals surface area contributed by atoms with Crippen molar-refractivity contribution in [2.24, 2.45) is 0 Å². The highest BCUT2D eigenvalue weighted by Crippen LogP contribution is 2.32. The van der Waals surface area contributed by atoms with E-state index in [0.717, 1.165) is 24.5 Å². The Morgan fingerprint density at radius 3 is 2.94 bits per heavy atom. The number of benzene rings is 1. The van der Waals surface area contributed by atoms with Crippen LogP contribution in [0.5, 0.6) is 11.5 Å². The second kappa shape index (κ2) is 5.21. The van der Waals surface area contributed by atoms with E-state index in [1.807, 2.05) is 6.07 Å². The number of fused-ring (bicyclic) bond motifs is 1. The van der Waals surface area contributed by atoms with E-state index in [9.17, 15) is 0 Å². The van der Waals surface area contributed by atoms with Gasteiger partial charge in [0.2, 0.25) is 6.79 Å². The molecule has 0 aromatic heterocycles. The van der Waals surface area contributed by atoms with Crippen molar-refractivity contribution in [3.8, 4) is 11.5 Å². The summed E-state index contributed by atoms with van der Waals surface area (Å²) in [6, 6.07) is 6.75. The van der Waals surface area contributed by atoms with E-state index in [4.69, 9.17) is 9.47 Å². The molecule has 1 aliphatic heterocycles. The van der Waals surface area contributed by atoms with Gasteiger partial charge in [0, 0.05) is 6.04 Å². The van der Waals surface area contributed by atoms with Gasteiger partial charge in [-0.05, 0) is 44.0 Å². The first-order chi connectivity index (χ1) is 7.79. The molecule has 1 aliphatic rings. The lowest BCUT2D eigenvalue weighted by Crippen LogP contribution is -2.27. The summed E-state index contributed by atoms with van der Waals surface area (Å²) in [6.45, 7) is 5.76. The summed E-state index contributed by atoms with van der Waals surface area (Å²) in [6.07, 6.45) is 2.20. The van der Waals surface area contributed by atoms with Crippen molar-refractivity contribution in [2.75, 3.05) is 13.3 Å². The highest BCUT2D eigenvalue weighted by molar-refractivity contribution is 5.44. The zero-order chi connectivity index (χ0) is 11.4. The van der Waals surface area contributed by atoms with E-state index in [1.54, 1.807) is 0 Å². The topological polar surface area (TPSA) is 30.5 Å². The Labute approximate surface area is 96.8 Å². The molecule has 1 aromatic rings. The third kappa shape index (κ3) is 2.67. The maximum Gasteiger partial charge on any atom is 0.231 e. The lowest BCUT2D eigenvalue weighted by molar-refractivity contribution is 0.174. The molecule has 1 aromatic carbocycles. The lowest BCUT2D eigenvalue weighted by Gasteiger charge is -2.11. The highest BCUT2D eigenvalue weighted by atomic mass is 16.7. The molecule has 1 heterocycles. The second-order valence-electron chi connectivity index (χ2n) is 4.20. The molecule has 0 saturated carbocycles. The van der Waals surface area contributed by atoms with E-state index in [-0.39, 0.29) is 0 Å². The van der Waals surface area contributed by atoms with Crippen LogP contribution in [0.2, 0.25) is 0 Å². The average Bonchev–Trinajstić information content (AvgIpc) is 2.76. The Morgan fingerprint density at radius 1 is 1.31 bits per heavy atom. The van der Waals surface area contributed by atoms with Crippen LogP contribution in [-0.2, 0) is 6.42 Å². The van der Waals surface area contributed by atoms with Gasteiger partial charge in [0.15, 0.2) is 11.5 Å². The summed E-state index contributed by atoms with van der Waals surface area (Å²) in [5.74, 6) is 1.74. The number of rotatable bonds is 5. The highest BCUT2D eigenvalue weighted by Gasteiger charge is 2.12. The molecule has 0 radical (unpaired) electrons. The maximum absolute atomic E-state index is 5.35. The van der Waals surface area contributed by atoms with E-state index in [1.165, 1.54) is 12.0 Å². The molecular weight excluding hydrogens is 202 g/mol. The smallest absolute Gasteiger partial charge is 0.231 e. The van der Waals surface area contributed by atoms with Gasteiger partial charge in [0.25, 0.3) is 0 Å². The van der Waals surface area contributed by atoms with Gasteiger partial charge in [-0.15, -0.1) is 0 Å². The fourth-order valence-electron chi connectivity index (χ4n) is 1.70. The molecule has 2 rings (SSSR count). The lowest BCUT2D eigenvalue weighted by atomic mass is 10.1. The number of hydrogen-bond donors (Lipinski definition) is 1. The predicted octanol–water partition coefficient (Wildman–Crippen LogP) is 2.35. The van der Waals surface area contributed by atoms with Crippen molar-refractivity contribution < 1.29 is 9.47 Å². The molecule has 1 atom stereocenters. The molecule has 0 bridgehead atoms. The molecule has 1 N–H and O–H groups in total. The van der Waals surface area contributed by atoms with Gasteiger partial charge in [-0.3, -0.25) is 0 Å². The van der Waals surface area contributed by atoms with Crippen LogP contribution in [0.1, 0.15) is 25.8 Å². The Balaban J connectivity index is 1.86. The third-order valence-corrected chi connectivity index (χ3v) is 2.96. The van der Waals surface area contributed by atoms with Gasteiger partial charge >= 0.3 is 0 Å². The van der Waals surface area contributed by atoms with Gasteiger partial charge in [0.1, 0.15) is 0 Å². The summed E-state index contributed by atoms with van der Waals surface area (Å²) in [5.41, 5.74) is 1.29. The summed E-state index contributed by atoms with van der Waals surface area (Å²) in [4.78, 5) is 0. The van der Waals surface area contributed by atoms with Crippen LogP contribution in [0.4, 0.5) is 0 Å². The quantitative estimate of drug-likeness (QED) is 0.828. The van der Waals surface area contributed by atoms with Crippen LogP contribution < -0.4 is 14.8 Å². The zero-order valence-corrected chi connectivity index (χ0v) is 9.95. The molecule has 0 fully saturated rings. The van der Waals surface area contributed by atoms with Crippen LogP contribution >= 0.6 is 0 Å². The minimum absolute atomic E-state index is 0.351. The predicted molar refractivity (Wildman–Crippen MR) is 64.0 cm³/mol. The number of ether oxygens (including phenoxy) is 2. The van der Waals surface area contributed by atoms with Crippen molar-refractivity contribution in [3.63, 3.8) is 0 Å². The van der Waals surface area contributed by atoms with Gasteiger partial charge < -0.3 is 14.8 Å². The fraction of sp³-hybridized carbons (Fsp3) is 0.538. The first-order valence-corrected chi connectivity index (χ1v) is 5.91. The van der Waals surface area contributed by atoms with Crippen LogP contribution in [0.25, 0.3) is 0 Å². The van der Waals surface area contributed by atoms with Crippen molar-refractivity contribution in [1.82, 2.24) is 5.32 Å². The molecule has 88 valence electrons. The summed E-state index contributed by atoms with van der Waals surface area (Å²) >= 11 is 0. The molecule has 3 heteroatoms. The SMILES string of the molecule is CCC(C)NCCc1ccc2c(c1)OCO2. The Hall–Kier alpha value is -1.22. The summed E-state index contributed by atoms with van der Waals surface area (Å²) in [7, 11) is 0. The van der Waals surface area contributed by atoms with E-state index in [0.29, 0.717) is 12.8 Å². The molecule has 0 amide bonds. The van der Waals surface area contributed by atoms with Crippen LogP contribution in [-0.4, -0.2) is 19.4 Å². The van der Waals surface area contributed by atoms with E-state index < -0.39 is 0 Å². The monoisotopic (exact) mass is 221 g/mol. The zero-order valence-electron chi connectivity index (χ0n) is 9.95. The Kier molecular flexibility index (Phi) is 3.67. The minimum Gasteiger partial charge on any atom is -0.454 e. The van der Waals surface area contributed by atoms with Crippen LogP contribution in [0.3, 0.4) is 0 Å². The van der Waals surface area contributed by atoms with Crippen LogP contribution in [0.15, 0.2) is 18.2 Å². The van der Waals surface area contributed by atoms with Crippen molar-refractivity contribution >= 4 is 0 Å². The van der Waals surface area contributed by atoms with Gasteiger partial charge in [0.05, 0.1) is 0 Å². The molecule has 16 heavy (non-hydrogen) atoms. The minimum atomic E-state index is 0.351. The molecule has 0 aliphatic carbocycles. The van der Waals surface area contributed by atoms with Crippen molar-refractivity contribution in [3.05, 3.63) is 23.8 Å². The molecule has 3 nitrogen and oxygen atoms in total. The summed E-state index contributed by atoms with van der Waals surface area (Å²) in [5, 5.41) is 3.48. The number of hydrogen-bond acceptors (Lipinski definition) is 3. The fourth-order valence-corrected chi connectivity index (χ4v) is 1.70. The second-order valence-corrected chi connectivity index (χ2v) is 4.20. The largest absolute Gasteiger partial charge is 0.454 e. The average molecular weight is 221 g/mol. The maximum atomic E-state index is 5.35. The standard InChI is InChI=1S/C13H19NO2/c1-3-10(2)14-7-6-11-4-5-12-13(8-11)16-9-15-12/h4-5,8,10,14H,3,6-7,9H2,1-2H3. The van der Waals surface area contributed by atoms with Gasteiger partial charge in [-0.25, -0.2) is 0 Å². The normalized spacial score (nSPS) is 15.1. The molecule has 0 spiro atoms. The van der Waals surface area contributed by atoms with Gasteiger partial charge in [-0.1, -0.05) is 13.0 Å².